The van der Waals surface area contributed by atoms with E-state index in [1.807, 2.05) is 97.1 Å². The van der Waals surface area contributed by atoms with E-state index in [2.05, 4.69) is 10.0 Å². The fourth-order valence-electron chi connectivity index (χ4n) is 3.89. The number of aliphatic hydroxyl groups is 1. The van der Waals surface area contributed by atoms with Gasteiger partial charge in [-0.2, -0.15) is 0 Å². The average molecular weight is 473 g/mol. The van der Waals surface area contributed by atoms with Crippen LogP contribution >= 0.6 is 0 Å². The molecule has 0 aromatic heterocycles. The highest BCUT2D eigenvalue weighted by Gasteiger charge is 2.22. The predicted octanol–water partition coefficient (Wildman–Crippen LogP) is 4.58. The molecule has 174 valence electrons. The molecule has 0 saturated carbocycles. The van der Waals surface area contributed by atoms with E-state index in [0.717, 1.165) is 16.7 Å². The summed E-state index contributed by atoms with van der Waals surface area (Å²) in [5.74, 6) is 0. The molecule has 0 radical (unpaired) electrons. The van der Waals surface area contributed by atoms with E-state index in [0.29, 0.717) is 5.56 Å². The van der Waals surface area contributed by atoms with E-state index >= 15 is 0 Å². The Bertz CT molecular complexity index is 1240. The largest absolute Gasteiger partial charge is 0.394 e. The van der Waals surface area contributed by atoms with Gasteiger partial charge >= 0.3 is 0 Å². The highest BCUT2D eigenvalue weighted by molar-refractivity contribution is 7.89. The minimum Gasteiger partial charge on any atom is -0.394 e. The summed E-state index contributed by atoms with van der Waals surface area (Å²) in [7, 11) is -3.71. The van der Waals surface area contributed by atoms with Gasteiger partial charge in [-0.05, 0) is 34.4 Å². The van der Waals surface area contributed by atoms with Crippen molar-refractivity contribution in [2.75, 3.05) is 6.61 Å². The summed E-state index contributed by atoms with van der Waals surface area (Å²) in [4.78, 5) is 0.164. The fraction of sp³-hybridized carbons (Fsp3) is 0.143. The molecule has 4 aromatic carbocycles. The quantitative estimate of drug-likeness (QED) is 0.316. The van der Waals surface area contributed by atoms with Crippen LogP contribution in [0, 0.1) is 0 Å². The normalized spacial score (nSPS) is 12.5. The second-order valence-corrected chi connectivity index (χ2v) is 9.81. The third-order valence-corrected chi connectivity index (χ3v) is 7.10. The van der Waals surface area contributed by atoms with Crippen LogP contribution in [0.4, 0.5) is 0 Å². The summed E-state index contributed by atoms with van der Waals surface area (Å²) >= 11 is 0. The van der Waals surface area contributed by atoms with Crippen LogP contribution in [0.3, 0.4) is 0 Å². The van der Waals surface area contributed by atoms with Gasteiger partial charge in [0.1, 0.15) is 0 Å². The first-order valence-electron chi connectivity index (χ1n) is 11.2. The number of nitrogens with one attached hydrogen (secondary N) is 2. The average Bonchev–Trinajstić information content (AvgIpc) is 2.90. The van der Waals surface area contributed by atoms with Crippen LogP contribution in [0.25, 0.3) is 0 Å². The standard InChI is InChI=1S/C28H28N2O3S/c31-21-27(30-28(23-13-6-2-7-14-23)24-15-8-3-9-16-24)25-17-10-18-26(19-25)34(32,33)29-20-22-11-4-1-5-12-22/h1-19,27-31H,20-21H2. The van der Waals surface area contributed by atoms with E-state index in [1.54, 1.807) is 18.2 Å². The van der Waals surface area contributed by atoms with Crippen LogP contribution < -0.4 is 10.0 Å². The van der Waals surface area contributed by atoms with Crippen LogP contribution in [0.2, 0.25) is 0 Å². The summed E-state index contributed by atoms with van der Waals surface area (Å²) < 4.78 is 28.5. The van der Waals surface area contributed by atoms with Crippen LogP contribution in [0.5, 0.6) is 0 Å². The van der Waals surface area contributed by atoms with Gasteiger partial charge in [0.2, 0.25) is 10.0 Å². The topological polar surface area (TPSA) is 78.4 Å². The van der Waals surface area contributed by atoms with E-state index in [-0.39, 0.29) is 24.1 Å². The minimum atomic E-state index is -3.71. The van der Waals surface area contributed by atoms with Crippen LogP contribution in [0.1, 0.15) is 34.3 Å². The van der Waals surface area contributed by atoms with Gasteiger partial charge < -0.3 is 5.11 Å². The Morgan fingerprint density at radius 1 is 0.676 bits per heavy atom. The van der Waals surface area contributed by atoms with Gasteiger partial charge in [-0.3, -0.25) is 5.32 Å². The lowest BCUT2D eigenvalue weighted by Gasteiger charge is -2.26. The molecule has 0 aliphatic rings. The molecule has 34 heavy (non-hydrogen) atoms. The summed E-state index contributed by atoms with van der Waals surface area (Å²) in [6.07, 6.45) is 0. The summed E-state index contributed by atoms with van der Waals surface area (Å²) in [5.41, 5.74) is 3.69. The number of sulfonamides is 1. The zero-order chi connectivity index (χ0) is 23.8. The Kier molecular flexibility index (Phi) is 7.87. The highest BCUT2D eigenvalue weighted by atomic mass is 32.2. The van der Waals surface area contributed by atoms with Crippen LogP contribution in [-0.2, 0) is 16.6 Å². The number of rotatable bonds is 10. The third kappa shape index (κ3) is 5.98. The molecule has 0 fully saturated rings. The SMILES string of the molecule is O=S(=O)(NCc1ccccc1)c1cccc(C(CO)NC(c2ccccc2)c2ccccc2)c1. The van der Waals surface area contributed by atoms with Crippen LogP contribution in [0.15, 0.2) is 120 Å². The lowest BCUT2D eigenvalue weighted by Crippen LogP contribution is -2.30. The first kappa shape index (κ1) is 23.9. The van der Waals surface area contributed by atoms with Crippen molar-refractivity contribution in [1.29, 1.82) is 0 Å². The maximum atomic E-state index is 12.9. The Morgan fingerprint density at radius 3 is 1.76 bits per heavy atom. The molecule has 4 aromatic rings. The molecule has 1 unspecified atom stereocenters. The van der Waals surface area contributed by atoms with Gasteiger partial charge in [0.05, 0.1) is 23.6 Å². The molecule has 0 spiro atoms. The second kappa shape index (κ2) is 11.2. The zero-order valence-corrected chi connectivity index (χ0v) is 19.5. The van der Waals surface area contributed by atoms with E-state index in [1.165, 1.54) is 0 Å². The number of hydrogen-bond acceptors (Lipinski definition) is 4. The molecular weight excluding hydrogens is 444 g/mol. The molecule has 4 rings (SSSR count). The van der Waals surface area contributed by atoms with Gasteiger partial charge in [0.25, 0.3) is 0 Å². The van der Waals surface area contributed by atoms with Crippen molar-refractivity contribution in [3.05, 3.63) is 138 Å². The van der Waals surface area contributed by atoms with Crippen molar-refractivity contribution >= 4 is 10.0 Å². The van der Waals surface area contributed by atoms with Crippen molar-refractivity contribution in [1.82, 2.24) is 10.0 Å². The molecular formula is C28H28N2O3S. The number of hydrogen-bond donors (Lipinski definition) is 3. The second-order valence-electron chi connectivity index (χ2n) is 8.04. The van der Waals surface area contributed by atoms with Crippen molar-refractivity contribution in [2.24, 2.45) is 0 Å². The molecule has 3 N–H and O–H groups in total. The van der Waals surface area contributed by atoms with Crippen molar-refractivity contribution < 1.29 is 13.5 Å². The molecule has 5 nitrogen and oxygen atoms in total. The first-order valence-corrected chi connectivity index (χ1v) is 12.7. The highest BCUT2D eigenvalue weighted by Crippen LogP contribution is 2.27. The lowest BCUT2D eigenvalue weighted by atomic mass is 9.96. The maximum absolute atomic E-state index is 12.9. The predicted molar refractivity (Wildman–Crippen MR) is 135 cm³/mol. The Labute approximate surface area is 201 Å². The van der Waals surface area contributed by atoms with Gasteiger partial charge in [-0.1, -0.05) is 103 Å². The van der Waals surface area contributed by atoms with Crippen molar-refractivity contribution in [3.63, 3.8) is 0 Å². The minimum absolute atomic E-state index is 0.164. The van der Waals surface area contributed by atoms with Gasteiger partial charge in [0.15, 0.2) is 0 Å². The summed E-state index contributed by atoms with van der Waals surface area (Å²) in [5, 5.41) is 13.8. The van der Waals surface area contributed by atoms with Gasteiger partial charge in [0, 0.05) is 6.54 Å². The zero-order valence-electron chi connectivity index (χ0n) is 18.7. The third-order valence-electron chi connectivity index (χ3n) is 5.70. The Hall–Kier alpha value is -3.29. The summed E-state index contributed by atoms with van der Waals surface area (Å²) in [6, 6.07) is 35.5. The molecule has 1 atom stereocenters. The van der Waals surface area contributed by atoms with Gasteiger partial charge in [-0.15, -0.1) is 0 Å². The fourth-order valence-corrected chi connectivity index (χ4v) is 4.96. The molecule has 0 bridgehead atoms. The summed E-state index contributed by atoms with van der Waals surface area (Å²) in [6.45, 7) is 0.0241. The van der Waals surface area contributed by atoms with E-state index in [9.17, 15) is 13.5 Å². The number of aliphatic hydroxyl groups excluding tert-OH is 1. The van der Waals surface area contributed by atoms with Crippen LogP contribution in [-0.4, -0.2) is 20.1 Å². The smallest absolute Gasteiger partial charge is 0.240 e. The van der Waals surface area contributed by atoms with Crippen molar-refractivity contribution in [2.45, 2.75) is 23.5 Å². The molecule has 0 saturated heterocycles. The molecule has 0 aliphatic carbocycles. The lowest BCUT2D eigenvalue weighted by molar-refractivity contribution is 0.238. The van der Waals surface area contributed by atoms with Gasteiger partial charge in [-0.25, -0.2) is 13.1 Å². The first-order chi connectivity index (χ1) is 16.6. The molecule has 0 amide bonds. The maximum Gasteiger partial charge on any atom is 0.240 e. The van der Waals surface area contributed by atoms with E-state index in [4.69, 9.17) is 0 Å². The number of benzene rings is 4. The monoisotopic (exact) mass is 472 g/mol. The van der Waals surface area contributed by atoms with Crippen molar-refractivity contribution in [3.8, 4) is 0 Å². The molecule has 0 aliphatic heterocycles. The Balaban J connectivity index is 1.58. The molecule has 6 heteroatoms. The van der Waals surface area contributed by atoms with E-state index < -0.39 is 16.1 Å². The molecule has 0 heterocycles. The Morgan fingerprint density at radius 2 is 1.21 bits per heavy atom.